The van der Waals surface area contributed by atoms with E-state index in [1.165, 1.54) is 57.8 Å². The third-order valence-electron chi connectivity index (χ3n) is 10.2. The van der Waals surface area contributed by atoms with Gasteiger partial charge >= 0.3 is 0 Å². The molecule has 8 atom stereocenters. The minimum atomic E-state index is -0.396. The molecule has 0 radical (unpaired) electrons. The largest absolute Gasteiger partial charge is 0.124 e. The molecule has 0 aromatic heterocycles. The molecule has 5 aliphatic carbocycles. The molecule has 0 aromatic carbocycles. The standard InChI is InChI=1S/C22H34Cl2.C2H6/c1-4-16-18-14(3)7-6-10-19(18,5-2)17-9-8-15-11-20(16,17)12-21(15)13-22(21,23)24;1-2/h14-18H,4-13H2,1-3H3;1-2H3/t14?,15?,16?,17?,18?,19?,20?,21-;/m0./s1. The van der Waals surface area contributed by atoms with Crippen LogP contribution in [0.1, 0.15) is 98.8 Å². The van der Waals surface area contributed by atoms with Gasteiger partial charge < -0.3 is 0 Å². The van der Waals surface area contributed by atoms with E-state index in [-0.39, 0.29) is 0 Å². The highest BCUT2D eigenvalue weighted by Gasteiger charge is 2.81. The average Bonchev–Trinajstić information content (AvgIpc) is 2.97. The topological polar surface area (TPSA) is 0 Å². The molecule has 0 amide bonds. The molecule has 0 aliphatic heterocycles. The van der Waals surface area contributed by atoms with Gasteiger partial charge in [-0.1, -0.05) is 53.9 Å². The third kappa shape index (κ3) is 2.16. The predicted octanol–water partition coefficient (Wildman–Crippen LogP) is 8.26. The van der Waals surface area contributed by atoms with Crippen LogP contribution in [0.3, 0.4) is 0 Å². The van der Waals surface area contributed by atoms with E-state index in [9.17, 15) is 0 Å². The van der Waals surface area contributed by atoms with Crippen molar-refractivity contribution in [3.63, 3.8) is 0 Å². The number of fused-ring (bicyclic) bond motifs is 4. The highest BCUT2D eigenvalue weighted by molar-refractivity contribution is 6.51. The maximum absolute atomic E-state index is 6.76. The van der Waals surface area contributed by atoms with Crippen LogP contribution in [0.5, 0.6) is 0 Å². The Morgan fingerprint density at radius 2 is 1.69 bits per heavy atom. The van der Waals surface area contributed by atoms with Crippen molar-refractivity contribution < 1.29 is 0 Å². The first-order valence-corrected chi connectivity index (χ1v) is 12.5. The van der Waals surface area contributed by atoms with Gasteiger partial charge in [-0.15, -0.1) is 23.2 Å². The SMILES string of the molecule is CC.CCC1C2C(C)CCCC2(CC)C2CCC3CC12C[C@]31CC1(Cl)Cl. The molecule has 5 fully saturated rings. The zero-order valence-corrected chi connectivity index (χ0v) is 19.2. The lowest BCUT2D eigenvalue weighted by atomic mass is 9.56. The first-order chi connectivity index (χ1) is 12.4. The Morgan fingerprint density at radius 1 is 1.00 bits per heavy atom. The van der Waals surface area contributed by atoms with E-state index < -0.39 is 4.33 Å². The van der Waals surface area contributed by atoms with E-state index in [4.69, 9.17) is 23.2 Å². The number of alkyl halides is 2. The minimum Gasteiger partial charge on any atom is -0.101 e. The summed E-state index contributed by atoms with van der Waals surface area (Å²) in [4.78, 5) is 0. The summed E-state index contributed by atoms with van der Waals surface area (Å²) in [6.45, 7) is 11.6. The summed E-state index contributed by atoms with van der Waals surface area (Å²) in [5.41, 5.74) is 1.53. The van der Waals surface area contributed by atoms with Gasteiger partial charge in [-0.3, -0.25) is 0 Å². The van der Waals surface area contributed by atoms with Crippen LogP contribution in [0.25, 0.3) is 0 Å². The Bertz CT molecular complexity index is 556. The van der Waals surface area contributed by atoms with Crippen molar-refractivity contribution >= 4 is 23.2 Å². The van der Waals surface area contributed by atoms with Crippen LogP contribution in [0.4, 0.5) is 0 Å². The molecular formula is C24H40Cl2. The summed E-state index contributed by atoms with van der Waals surface area (Å²) >= 11 is 13.5. The van der Waals surface area contributed by atoms with E-state index >= 15 is 0 Å². The fourth-order valence-electron chi connectivity index (χ4n) is 9.69. The van der Waals surface area contributed by atoms with Gasteiger partial charge in [0.05, 0.1) is 0 Å². The molecule has 26 heavy (non-hydrogen) atoms. The van der Waals surface area contributed by atoms with Crippen molar-refractivity contribution in [2.24, 2.45) is 45.8 Å². The van der Waals surface area contributed by atoms with Crippen LogP contribution in [0.15, 0.2) is 0 Å². The Kier molecular flexibility index (Phi) is 4.81. The quantitative estimate of drug-likeness (QED) is 0.410. The molecule has 5 aliphatic rings. The molecule has 5 rings (SSSR count). The Hall–Kier alpha value is 0.580. The Balaban J connectivity index is 0.000000814. The molecule has 5 saturated carbocycles. The maximum Gasteiger partial charge on any atom is 0.124 e. The van der Waals surface area contributed by atoms with Crippen LogP contribution in [-0.4, -0.2) is 4.33 Å². The van der Waals surface area contributed by atoms with Gasteiger partial charge in [0.15, 0.2) is 0 Å². The summed E-state index contributed by atoms with van der Waals surface area (Å²) < 4.78 is -0.396. The number of rotatable bonds is 2. The van der Waals surface area contributed by atoms with Crippen LogP contribution in [0, 0.1) is 45.8 Å². The first kappa shape index (κ1) is 19.9. The van der Waals surface area contributed by atoms with Gasteiger partial charge in [-0.25, -0.2) is 0 Å². The lowest BCUT2D eigenvalue weighted by Crippen LogP contribution is -2.41. The predicted molar refractivity (Wildman–Crippen MR) is 114 cm³/mol. The molecule has 0 nitrogen and oxygen atoms in total. The molecule has 0 heterocycles. The zero-order chi connectivity index (χ0) is 19.0. The highest BCUT2D eigenvalue weighted by Crippen LogP contribution is 2.86. The van der Waals surface area contributed by atoms with Crippen molar-refractivity contribution in [2.75, 3.05) is 0 Å². The van der Waals surface area contributed by atoms with Crippen molar-refractivity contribution in [1.29, 1.82) is 0 Å². The van der Waals surface area contributed by atoms with Gasteiger partial charge in [0.1, 0.15) is 4.33 Å². The third-order valence-corrected chi connectivity index (χ3v) is 11.3. The normalized spacial score (nSPS) is 55.7. The molecule has 0 saturated heterocycles. The lowest BCUT2D eigenvalue weighted by Gasteiger charge is -2.49. The molecule has 2 heteroatoms. The van der Waals surface area contributed by atoms with E-state index in [0.717, 1.165) is 36.0 Å². The van der Waals surface area contributed by atoms with Gasteiger partial charge in [0.2, 0.25) is 0 Å². The average molecular weight is 399 g/mol. The molecule has 2 spiro atoms. The van der Waals surface area contributed by atoms with E-state index in [0.29, 0.717) is 16.2 Å². The van der Waals surface area contributed by atoms with Crippen molar-refractivity contribution in [2.45, 2.75) is 103 Å². The summed E-state index contributed by atoms with van der Waals surface area (Å²) in [6, 6.07) is 0. The second-order valence-corrected chi connectivity index (χ2v) is 12.0. The number of hydrogen-bond acceptors (Lipinski definition) is 0. The molecule has 150 valence electrons. The second kappa shape index (κ2) is 6.29. The molecule has 7 unspecified atom stereocenters. The first-order valence-electron chi connectivity index (χ1n) is 11.7. The van der Waals surface area contributed by atoms with Crippen LogP contribution >= 0.6 is 23.2 Å². The highest BCUT2D eigenvalue weighted by atomic mass is 35.5. The van der Waals surface area contributed by atoms with Crippen LogP contribution in [0.2, 0.25) is 0 Å². The molecular weight excluding hydrogens is 359 g/mol. The van der Waals surface area contributed by atoms with Gasteiger partial charge in [0, 0.05) is 5.41 Å². The Morgan fingerprint density at radius 3 is 2.27 bits per heavy atom. The van der Waals surface area contributed by atoms with E-state index in [2.05, 4.69) is 20.8 Å². The van der Waals surface area contributed by atoms with Crippen molar-refractivity contribution in [3.8, 4) is 0 Å². The number of hydrogen-bond donors (Lipinski definition) is 0. The monoisotopic (exact) mass is 398 g/mol. The number of halogens is 2. The smallest absolute Gasteiger partial charge is 0.101 e. The fourth-order valence-corrected chi connectivity index (χ4v) is 10.6. The van der Waals surface area contributed by atoms with Crippen molar-refractivity contribution in [3.05, 3.63) is 0 Å². The van der Waals surface area contributed by atoms with Gasteiger partial charge in [-0.2, -0.15) is 0 Å². The maximum atomic E-state index is 6.76. The molecule has 0 N–H and O–H groups in total. The summed E-state index contributed by atoms with van der Waals surface area (Å²) in [5.74, 6) is 4.62. The molecule has 0 aromatic rings. The van der Waals surface area contributed by atoms with Crippen molar-refractivity contribution in [1.82, 2.24) is 0 Å². The molecule has 2 bridgehead atoms. The lowest BCUT2D eigenvalue weighted by molar-refractivity contribution is 0.00205. The minimum absolute atomic E-state index is 0.296. The van der Waals surface area contributed by atoms with E-state index in [1.807, 2.05) is 13.8 Å². The fraction of sp³-hybridized carbons (Fsp3) is 1.00. The summed E-state index contributed by atoms with van der Waals surface area (Å²) in [7, 11) is 0. The summed E-state index contributed by atoms with van der Waals surface area (Å²) in [5, 5.41) is 0. The zero-order valence-electron chi connectivity index (χ0n) is 17.7. The Labute approximate surface area is 172 Å². The van der Waals surface area contributed by atoms with Gasteiger partial charge in [0.25, 0.3) is 0 Å². The van der Waals surface area contributed by atoms with Crippen LogP contribution < -0.4 is 0 Å². The second-order valence-electron chi connectivity index (χ2n) is 10.5. The van der Waals surface area contributed by atoms with Gasteiger partial charge in [-0.05, 0) is 85.4 Å². The van der Waals surface area contributed by atoms with Crippen LogP contribution in [-0.2, 0) is 0 Å². The van der Waals surface area contributed by atoms with E-state index in [1.54, 1.807) is 0 Å². The summed E-state index contributed by atoms with van der Waals surface area (Å²) in [6.07, 6.45) is 14.0.